The van der Waals surface area contributed by atoms with E-state index in [1.165, 1.54) is 19.5 Å². The molecule has 2 unspecified atom stereocenters. The van der Waals surface area contributed by atoms with Gasteiger partial charge < -0.3 is 15.8 Å². The number of nitrogens with one attached hydrogen (secondary N) is 1. The average molecular weight is 380 g/mol. The number of esters is 1. The van der Waals surface area contributed by atoms with Crippen molar-refractivity contribution in [1.82, 2.24) is 15.2 Å². The number of nitrogens with zero attached hydrogens (tertiary/aromatic N) is 2. The van der Waals surface area contributed by atoms with Crippen molar-refractivity contribution in [2.75, 3.05) is 26.0 Å². The summed E-state index contributed by atoms with van der Waals surface area (Å²) in [7, 11) is 1.21. The summed E-state index contributed by atoms with van der Waals surface area (Å²) < 4.78 is 4.71. The molecule has 1 aliphatic rings. The van der Waals surface area contributed by atoms with Crippen molar-refractivity contribution in [3.8, 4) is 0 Å². The number of methoxy groups -OCH3 is 1. The van der Waals surface area contributed by atoms with Crippen LogP contribution in [0.25, 0.3) is 0 Å². The average Bonchev–Trinajstić information content (AvgIpc) is 2.92. The van der Waals surface area contributed by atoms with Crippen molar-refractivity contribution in [2.45, 2.75) is 17.7 Å². The number of nitrogens with two attached hydrogens (primary N) is 1. The van der Waals surface area contributed by atoms with Crippen molar-refractivity contribution < 1.29 is 23.9 Å². The highest BCUT2D eigenvalue weighted by Gasteiger charge is 2.39. The molecule has 10 heteroatoms. The van der Waals surface area contributed by atoms with Gasteiger partial charge in [-0.15, -0.1) is 11.8 Å². The van der Waals surface area contributed by atoms with Gasteiger partial charge in [0, 0.05) is 37.7 Å². The van der Waals surface area contributed by atoms with Gasteiger partial charge in [0.15, 0.2) is 0 Å². The maximum atomic E-state index is 12.2. The molecule has 1 fully saturated rings. The van der Waals surface area contributed by atoms with Gasteiger partial charge in [0.05, 0.1) is 17.9 Å². The number of likely N-dealkylation sites (tertiary alicyclic amines) is 1. The van der Waals surface area contributed by atoms with E-state index in [0.29, 0.717) is 5.56 Å². The van der Waals surface area contributed by atoms with Crippen molar-refractivity contribution in [1.29, 1.82) is 0 Å². The highest BCUT2D eigenvalue weighted by Crippen LogP contribution is 2.25. The van der Waals surface area contributed by atoms with E-state index in [1.54, 1.807) is 12.1 Å². The van der Waals surface area contributed by atoms with Crippen LogP contribution in [0.2, 0.25) is 0 Å². The maximum Gasteiger partial charge on any atom is 0.329 e. The summed E-state index contributed by atoms with van der Waals surface area (Å²) in [6, 6.07) is 2.21. The molecule has 26 heavy (non-hydrogen) atoms. The first-order chi connectivity index (χ1) is 12.5. The molecule has 0 spiro atoms. The third kappa shape index (κ3) is 4.79. The van der Waals surface area contributed by atoms with Crippen molar-refractivity contribution in [2.24, 2.45) is 5.73 Å². The molecule has 1 aliphatic heterocycles. The molecule has 0 bridgehead atoms. The van der Waals surface area contributed by atoms with Crippen LogP contribution in [0.3, 0.4) is 0 Å². The monoisotopic (exact) mass is 380 g/mol. The quantitative estimate of drug-likeness (QED) is 0.441. The molecule has 2 heterocycles. The minimum Gasteiger partial charge on any atom is -0.467 e. The second-order valence-electron chi connectivity index (χ2n) is 5.49. The van der Waals surface area contributed by atoms with Gasteiger partial charge in [0.25, 0.3) is 5.91 Å². The first kappa shape index (κ1) is 19.9. The van der Waals surface area contributed by atoms with Gasteiger partial charge in [-0.1, -0.05) is 0 Å². The predicted octanol–water partition coefficient (Wildman–Crippen LogP) is -0.828. The van der Waals surface area contributed by atoms with E-state index in [0.717, 1.165) is 16.7 Å². The smallest absolute Gasteiger partial charge is 0.329 e. The van der Waals surface area contributed by atoms with Crippen LogP contribution in [-0.2, 0) is 19.1 Å². The van der Waals surface area contributed by atoms with E-state index < -0.39 is 23.2 Å². The Kier molecular flexibility index (Phi) is 7.10. The third-order valence-corrected chi connectivity index (χ3v) is 5.03. The summed E-state index contributed by atoms with van der Waals surface area (Å²) in [6.07, 6.45) is 2.95. The number of imide groups is 1. The van der Waals surface area contributed by atoms with E-state index in [4.69, 9.17) is 10.5 Å². The zero-order chi connectivity index (χ0) is 19.1. The van der Waals surface area contributed by atoms with Crippen LogP contribution >= 0.6 is 11.8 Å². The van der Waals surface area contributed by atoms with Crippen molar-refractivity contribution in [3.63, 3.8) is 0 Å². The molecular weight excluding hydrogens is 360 g/mol. The number of hydrogen-bond donors (Lipinski definition) is 2. The molecular formula is C16H20N4O5S. The van der Waals surface area contributed by atoms with E-state index in [9.17, 15) is 19.2 Å². The molecule has 1 saturated heterocycles. The van der Waals surface area contributed by atoms with Crippen LogP contribution in [0.5, 0.6) is 0 Å². The molecule has 3 N–H and O–H groups in total. The van der Waals surface area contributed by atoms with Crippen LogP contribution in [0.15, 0.2) is 24.5 Å². The Morgan fingerprint density at radius 1 is 1.50 bits per heavy atom. The Labute approximate surface area is 154 Å². The predicted molar refractivity (Wildman–Crippen MR) is 94.1 cm³/mol. The number of thioether (sulfide) groups is 1. The highest BCUT2D eigenvalue weighted by molar-refractivity contribution is 8.00. The minimum absolute atomic E-state index is 0.0495. The lowest BCUT2D eigenvalue weighted by molar-refractivity contribution is -0.142. The Balaban J connectivity index is 1.98. The second kappa shape index (κ2) is 9.30. The standard InChI is InChI=1S/C16H20N4O5S/c1-25-16(24)11(19-14(22)10-3-2-5-18-8-10)9-26-12-7-13(21)20(6-4-17)15(12)23/h2-3,5,8,11-12H,4,6-7,9,17H2,1H3,(H,19,22). The van der Waals surface area contributed by atoms with Gasteiger partial charge in [0.1, 0.15) is 6.04 Å². The molecule has 1 aromatic rings. The summed E-state index contributed by atoms with van der Waals surface area (Å²) >= 11 is 1.13. The SMILES string of the molecule is COC(=O)C(CSC1CC(=O)N(CCN)C1=O)NC(=O)c1cccnc1. The van der Waals surface area contributed by atoms with Crippen LogP contribution in [0, 0.1) is 0 Å². The Hall–Kier alpha value is -2.46. The number of aromatic nitrogens is 1. The topological polar surface area (TPSA) is 132 Å². The Morgan fingerprint density at radius 3 is 2.88 bits per heavy atom. The third-order valence-electron chi connectivity index (χ3n) is 3.73. The molecule has 0 radical (unpaired) electrons. The molecule has 2 rings (SSSR count). The molecule has 3 amide bonds. The summed E-state index contributed by atoms with van der Waals surface area (Å²) in [5, 5.41) is 1.97. The van der Waals surface area contributed by atoms with Crippen molar-refractivity contribution in [3.05, 3.63) is 30.1 Å². The van der Waals surface area contributed by atoms with Gasteiger partial charge >= 0.3 is 5.97 Å². The number of carbonyl (C=O) groups is 4. The van der Waals surface area contributed by atoms with E-state index in [1.807, 2.05) is 0 Å². The van der Waals surface area contributed by atoms with Gasteiger partial charge in [-0.25, -0.2) is 4.79 Å². The summed E-state index contributed by atoms with van der Waals surface area (Å²) in [5.41, 5.74) is 5.70. The van der Waals surface area contributed by atoms with Crippen LogP contribution in [0.4, 0.5) is 0 Å². The first-order valence-electron chi connectivity index (χ1n) is 7.92. The fraction of sp³-hybridized carbons (Fsp3) is 0.438. The second-order valence-corrected chi connectivity index (χ2v) is 6.72. The maximum absolute atomic E-state index is 12.2. The van der Waals surface area contributed by atoms with Crippen molar-refractivity contribution >= 4 is 35.5 Å². The number of amides is 3. The highest BCUT2D eigenvalue weighted by atomic mass is 32.2. The van der Waals surface area contributed by atoms with Crippen LogP contribution in [-0.4, -0.2) is 70.8 Å². The van der Waals surface area contributed by atoms with E-state index >= 15 is 0 Å². The number of ether oxygens (including phenoxy) is 1. The number of carbonyl (C=O) groups excluding carboxylic acids is 4. The summed E-state index contributed by atoms with van der Waals surface area (Å²) in [4.78, 5) is 53.2. The van der Waals surface area contributed by atoms with E-state index in [-0.39, 0.29) is 37.1 Å². The molecule has 1 aromatic heterocycles. The lowest BCUT2D eigenvalue weighted by Crippen LogP contribution is -2.44. The van der Waals surface area contributed by atoms with Crippen LogP contribution < -0.4 is 11.1 Å². The minimum atomic E-state index is -0.954. The first-order valence-corrected chi connectivity index (χ1v) is 8.97. The molecule has 140 valence electrons. The fourth-order valence-electron chi connectivity index (χ4n) is 2.41. The van der Waals surface area contributed by atoms with Gasteiger partial charge in [-0.05, 0) is 12.1 Å². The summed E-state index contributed by atoms with van der Waals surface area (Å²) in [5.74, 6) is -1.63. The number of hydrogen-bond acceptors (Lipinski definition) is 8. The van der Waals surface area contributed by atoms with Gasteiger partial charge in [0.2, 0.25) is 11.8 Å². The summed E-state index contributed by atoms with van der Waals surface area (Å²) in [6.45, 7) is 0.369. The van der Waals surface area contributed by atoms with E-state index in [2.05, 4.69) is 10.3 Å². The normalized spacial score (nSPS) is 17.9. The Morgan fingerprint density at radius 2 is 2.27 bits per heavy atom. The molecule has 9 nitrogen and oxygen atoms in total. The molecule has 0 aromatic carbocycles. The number of rotatable bonds is 8. The largest absolute Gasteiger partial charge is 0.467 e. The Bertz CT molecular complexity index is 684. The van der Waals surface area contributed by atoms with Crippen LogP contribution in [0.1, 0.15) is 16.8 Å². The lowest BCUT2D eigenvalue weighted by Gasteiger charge is -2.18. The van der Waals surface area contributed by atoms with Gasteiger partial charge in [-0.3, -0.25) is 24.3 Å². The molecule has 0 saturated carbocycles. The molecule has 0 aliphatic carbocycles. The lowest BCUT2D eigenvalue weighted by atomic mass is 10.2. The van der Waals surface area contributed by atoms with Gasteiger partial charge in [-0.2, -0.15) is 0 Å². The molecule has 2 atom stereocenters. The zero-order valence-electron chi connectivity index (χ0n) is 14.2. The zero-order valence-corrected chi connectivity index (χ0v) is 15.0. The fourth-order valence-corrected chi connectivity index (χ4v) is 3.58. The number of pyridine rings is 1.